The van der Waals surface area contributed by atoms with Crippen LogP contribution in [0.1, 0.15) is 25.0 Å². The van der Waals surface area contributed by atoms with Gasteiger partial charge in [-0.2, -0.15) is 36.7 Å². The lowest BCUT2D eigenvalue weighted by Gasteiger charge is -2.07. The van der Waals surface area contributed by atoms with Crippen LogP contribution in [-0.2, 0) is 20.0 Å². The summed E-state index contributed by atoms with van der Waals surface area (Å²) in [7, 11) is -7.65. The topological polar surface area (TPSA) is 117 Å². The quantitative estimate of drug-likeness (QED) is 0.526. The molecule has 0 bridgehead atoms. The van der Waals surface area contributed by atoms with E-state index in [0.717, 1.165) is 11.1 Å². The summed E-state index contributed by atoms with van der Waals surface area (Å²) in [5.41, 5.74) is 2.29. The van der Waals surface area contributed by atoms with Gasteiger partial charge < -0.3 is 0 Å². The summed E-state index contributed by atoms with van der Waals surface area (Å²) in [6, 6.07) is 12.6. The summed E-state index contributed by atoms with van der Waals surface area (Å²) in [6.07, 6.45) is 0. The molecule has 8 nitrogen and oxygen atoms in total. The molecule has 0 saturated heterocycles. The SMILES string of the molecule is CC(=NNS(=O)(=O)c1ccc(C)cc1)/C(C)=N/NS(=O)(=O)c1ccc(C)cc1. The molecular weight excluding hydrogens is 400 g/mol. The van der Waals surface area contributed by atoms with Crippen molar-refractivity contribution in [3.05, 3.63) is 59.7 Å². The van der Waals surface area contributed by atoms with Crippen molar-refractivity contribution in [1.29, 1.82) is 0 Å². The fraction of sp³-hybridized carbons (Fsp3) is 0.222. The highest BCUT2D eigenvalue weighted by Gasteiger charge is 2.14. The molecule has 0 aromatic heterocycles. The number of nitrogens with one attached hydrogen (secondary N) is 2. The van der Waals surface area contributed by atoms with Crippen molar-refractivity contribution < 1.29 is 16.8 Å². The van der Waals surface area contributed by atoms with Crippen LogP contribution in [0.3, 0.4) is 0 Å². The number of benzene rings is 2. The predicted molar refractivity (Wildman–Crippen MR) is 109 cm³/mol. The van der Waals surface area contributed by atoms with E-state index in [0.29, 0.717) is 0 Å². The van der Waals surface area contributed by atoms with Gasteiger partial charge in [0, 0.05) is 0 Å². The molecule has 2 rings (SSSR count). The number of hydrazone groups is 2. The minimum atomic E-state index is -3.83. The second-order valence-corrected chi connectivity index (χ2v) is 9.53. The lowest BCUT2D eigenvalue weighted by molar-refractivity contribution is 0.582. The Morgan fingerprint density at radius 1 is 0.643 bits per heavy atom. The Labute approximate surface area is 165 Å². The average molecular weight is 423 g/mol. The van der Waals surface area contributed by atoms with Crippen molar-refractivity contribution in [2.75, 3.05) is 0 Å². The number of hydrogen-bond donors (Lipinski definition) is 2. The maximum atomic E-state index is 12.2. The van der Waals surface area contributed by atoms with Crippen LogP contribution in [0.2, 0.25) is 0 Å². The highest BCUT2D eigenvalue weighted by Crippen LogP contribution is 2.11. The van der Waals surface area contributed by atoms with Gasteiger partial charge in [0.1, 0.15) is 0 Å². The van der Waals surface area contributed by atoms with Crippen molar-refractivity contribution in [2.24, 2.45) is 10.2 Å². The van der Waals surface area contributed by atoms with Gasteiger partial charge in [-0.3, -0.25) is 0 Å². The Morgan fingerprint density at radius 2 is 0.929 bits per heavy atom. The van der Waals surface area contributed by atoms with Crippen LogP contribution in [0.25, 0.3) is 0 Å². The van der Waals surface area contributed by atoms with Crippen molar-refractivity contribution in [3.8, 4) is 0 Å². The first-order valence-corrected chi connectivity index (χ1v) is 11.2. The summed E-state index contributed by atoms with van der Waals surface area (Å²) < 4.78 is 48.9. The number of rotatable bonds is 7. The van der Waals surface area contributed by atoms with Gasteiger partial charge in [0.15, 0.2) is 0 Å². The van der Waals surface area contributed by atoms with E-state index in [2.05, 4.69) is 19.9 Å². The van der Waals surface area contributed by atoms with Gasteiger partial charge in [-0.25, -0.2) is 0 Å². The van der Waals surface area contributed by atoms with Crippen LogP contribution in [-0.4, -0.2) is 28.3 Å². The van der Waals surface area contributed by atoms with Gasteiger partial charge in [-0.05, 0) is 52.0 Å². The summed E-state index contributed by atoms with van der Waals surface area (Å²) in [5.74, 6) is 0. The first-order chi connectivity index (χ1) is 13.0. The number of hydrogen-bond acceptors (Lipinski definition) is 6. The van der Waals surface area contributed by atoms with E-state index in [1.165, 1.54) is 38.1 Å². The molecule has 0 spiro atoms. The lowest BCUT2D eigenvalue weighted by Crippen LogP contribution is -2.24. The monoisotopic (exact) mass is 422 g/mol. The molecule has 0 amide bonds. The largest absolute Gasteiger partial charge is 0.276 e. The normalized spacial score (nSPS) is 13.3. The molecule has 0 atom stereocenters. The van der Waals surface area contributed by atoms with Crippen LogP contribution in [0.15, 0.2) is 68.5 Å². The van der Waals surface area contributed by atoms with Crippen LogP contribution in [0.4, 0.5) is 0 Å². The molecule has 0 saturated carbocycles. The van der Waals surface area contributed by atoms with E-state index in [1.54, 1.807) is 24.3 Å². The third kappa shape index (κ3) is 5.64. The van der Waals surface area contributed by atoms with Crippen molar-refractivity contribution in [1.82, 2.24) is 9.66 Å². The van der Waals surface area contributed by atoms with Gasteiger partial charge in [0.05, 0.1) is 21.2 Å². The fourth-order valence-electron chi connectivity index (χ4n) is 1.96. The van der Waals surface area contributed by atoms with E-state index in [-0.39, 0.29) is 21.2 Å². The Bertz CT molecular complexity index is 1010. The van der Waals surface area contributed by atoms with Gasteiger partial charge in [0.2, 0.25) is 0 Å². The van der Waals surface area contributed by atoms with E-state index in [4.69, 9.17) is 0 Å². The third-order valence-electron chi connectivity index (χ3n) is 3.85. The molecular formula is C18H22N4O4S2. The predicted octanol–water partition coefficient (Wildman–Crippen LogP) is 2.31. The minimum absolute atomic E-state index is 0.0734. The number of aryl methyl sites for hydroxylation is 2. The van der Waals surface area contributed by atoms with Crippen LogP contribution >= 0.6 is 0 Å². The Kier molecular flexibility index (Phi) is 6.57. The van der Waals surface area contributed by atoms with E-state index in [1.807, 2.05) is 13.8 Å². The molecule has 0 aliphatic heterocycles. The molecule has 2 aromatic carbocycles. The minimum Gasteiger partial charge on any atom is -0.200 e. The summed E-state index contributed by atoms with van der Waals surface area (Å²) in [5, 5.41) is 7.59. The fourth-order valence-corrected chi connectivity index (χ4v) is 3.67. The van der Waals surface area contributed by atoms with Crippen LogP contribution < -0.4 is 9.66 Å². The van der Waals surface area contributed by atoms with Crippen LogP contribution in [0.5, 0.6) is 0 Å². The summed E-state index contributed by atoms with van der Waals surface area (Å²) in [4.78, 5) is 4.37. The lowest BCUT2D eigenvalue weighted by atomic mass is 10.2. The molecule has 2 aromatic rings. The Hall–Kier alpha value is -2.72. The molecule has 0 fully saturated rings. The van der Waals surface area contributed by atoms with E-state index >= 15 is 0 Å². The third-order valence-corrected chi connectivity index (χ3v) is 6.30. The molecule has 0 aliphatic carbocycles. The van der Waals surface area contributed by atoms with Gasteiger partial charge in [-0.15, -0.1) is 0 Å². The molecule has 28 heavy (non-hydrogen) atoms. The maximum Gasteiger partial charge on any atom is 0.276 e. The van der Waals surface area contributed by atoms with Crippen molar-refractivity contribution in [2.45, 2.75) is 37.5 Å². The van der Waals surface area contributed by atoms with Gasteiger partial charge in [-0.1, -0.05) is 35.4 Å². The Morgan fingerprint density at radius 3 is 1.21 bits per heavy atom. The first-order valence-electron chi connectivity index (χ1n) is 8.27. The van der Waals surface area contributed by atoms with E-state index < -0.39 is 20.0 Å². The summed E-state index contributed by atoms with van der Waals surface area (Å²) in [6.45, 7) is 6.72. The highest BCUT2D eigenvalue weighted by atomic mass is 32.2. The molecule has 0 unspecified atom stereocenters. The molecule has 0 radical (unpaired) electrons. The molecule has 0 heterocycles. The zero-order chi connectivity index (χ0) is 20.9. The second-order valence-electron chi connectivity index (χ2n) is 6.21. The summed E-state index contributed by atoms with van der Waals surface area (Å²) >= 11 is 0. The average Bonchev–Trinajstić information content (AvgIpc) is 2.65. The van der Waals surface area contributed by atoms with E-state index in [9.17, 15) is 16.8 Å². The van der Waals surface area contributed by atoms with Gasteiger partial charge >= 0.3 is 0 Å². The van der Waals surface area contributed by atoms with Crippen molar-refractivity contribution in [3.63, 3.8) is 0 Å². The first kappa shape index (κ1) is 21.6. The zero-order valence-electron chi connectivity index (χ0n) is 16.0. The maximum absolute atomic E-state index is 12.2. The van der Waals surface area contributed by atoms with Crippen LogP contribution in [0, 0.1) is 13.8 Å². The standard InChI is InChI=1S/C18H22N4O4S2/c1-13-5-9-17(10-6-13)27(23,24)21-19-15(3)16(4)20-22-28(25,26)18-11-7-14(2)8-12-18/h5-12,21-22H,1-4H3/b19-15+,20-16?. The highest BCUT2D eigenvalue weighted by molar-refractivity contribution is 7.89. The second kappa shape index (κ2) is 8.53. The molecule has 150 valence electrons. The number of nitrogens with zero attached hydrogens (tertiary/aromatic N) is 2. The zero-order valence-corrected chi connectivity index (χ0v) is 17.6. The molecule has 0 aliphatic rings. The molecule has 2 N–H and O–H groups in total. The molecule has 10 heteroatoms. The van der Waals surface area contributed by atoms with Gasteiger partial charge in [0.25, 0.3) is 20.0 Å². The Balaban J connectivity index is 2.11. The smallest absolute Gasteiger partial charge is 0.200 e. The van der Waals surface area contributed by atoms with Crippen molar-refractivity contribution >= 4 is 31.5 Å². The number of sulfonamides is 2.